The fourth-order valence-electron chi connectivity index (χ4n) is 1.84. The van der Waals surface area contributed by atoms with Crippen LogP contribution >= 0.6 is 23.2 Å². The molecule has 8 heteroatoms. The van der Waals surface area contributed by atoms with Crippen LogP contribution in [-0.4, -0.2) is 34.4 Å². The largest absolute Gasteiger partial charge is 0.481 e. The van der Waals surface area contributed by atoms with Crippen molar-refractivity contribution in [2.45, 2.75) is 6.42 Å². The maximum Gasteiger partial charge on any atom is 0.308 e. The van der Waals surface area contributed by atoms with Crippen LogP contribution in [0.15, 0.2) is 18.2 Å². The Bertz CT molecular complexity index is 591. The molecule has 1 aromatic rings. The fourth-order valence-corrected chi connectivity index (χ4v) is 2.33. The molecule has 1 saturated heterocycles. The first-order chi connectivity index (χ1) is 9.38. The van der Waals surface area contributed by atoms with Crippen LogP contribution in [0.5, 0.6) is 0 Å². The molecule has 0 spiro atoms. The van der Waals surface area contributed by atoms with E-state index in [-0.39, 0.29) is 23.6 Å². The average Bonchev–Trinajstić information content (AvgIpc) is 2.71. The van der Waals surface area contributed by atoms with Crippen LogP contribution in [0, 0.1) is 5.92 Å². The Kier molecular flexibility index (Phi) is 4.15. The minimum Gasteiger partial charge on any atom is -0.481 e. The maximum absolute atomic E-state index is 12.0. The Morgan fingerprint density at radius 3 is 2.60 bits per heavy atom. The molecular weight excluding hydrogens is 307 g/mol. The number of carboxylic acids is 1. The lowest BCUT2D eigenvalue weighted by Crippen LogP contribution is -2.43. The first-order valence-electron chi connectivity index (χ1n) is 5.67. The average molecular weight is 317 g/mol. The van der Waals surface area contributed by atoms with Crippen molar-refractivity contribution >= 4 is 41.0 Å². The number of carboxylic acid groups (broad SMARTS) is 1. The van der Waals surface area contributed by atoms with Crippen molar-refractivity contribution in [1.82, 2.24) is 10.4 Å². The zero-order valence-corrected chi connectivity index (χ0v) is 11.6. The van der Waals surface area contributed by atoms with Gasteiger partial charge in [0.25, 0.3) is 5.91 Å². The predicted octanol–water partition coefficient (Wildman–Crippen LogP) is 1.57. The summed E-state index contributed by atoms with van der Waals surface area (Å²) in [6, 6.07) is 4.33. The molecule has 1 atom stereocenters. The SMILES string of the molecule is O=C(NN1CC(C(=O)O)CC1=O)c1ccc(Cl)cc1Cl. The molecule has 20 heavy (non-hydrogen) atoms. The third-order valence-corrected chi connectivity index (χ3v) is 3.43. The fraction of sp³-hybridized carbons (Fsp3) is 0.250. The molecule has 2 amide bonds. The molecule has 1 heterocycles. The molecule has 1 aliphatic rings. The highest BCUT2D eigenvalue weighted by Gasteiger charge is 2.35. The van der Waals surface area contributed by atoms with E-state index in [4.69, 9.17) is 28.3 Å². The number of benzene rings is 1. The van der Waals surface area contributed by atoms with Crippen LogP contribution in [0.4, 0.5) is 0 Å². The van der Waals surface area contributed by atoms with Crippen molar-refractivity contribution in [2.75, 3.05) is 6.54 Å². The van der Waals surface area contributed by atoms with E-state index < -0.39 is 23.7 Å². The van der Waals surface area contributed by atoms with E-state index in [9.17, 15) is 14.4 Å². The van der Waals surface area contributed by atoms with Crippen molar-refractivity contribution in [1.29, 1.82) is 0 Å². The van der Waals surface area contributed by atoms with Gasteiger partial charge in [0.15, 0.2) is 0 Å². The molecular formula is C12H10Cl2N2O4. The molecule has 1 aliphatic heterocycles. The third-order valence-electron chi connectivity index (χ3n) is 2.89. The topological polar surface area (TPSA) is 86.7 Å². The highest BCUT2D eigenvalue weighted by Crippen LogP contribution is 2.22. The van der Waals surface area contributed by atoms with Gasteiger partial charge < -0.3 is 5.11 Å². The smallest absolute Gasteiger partial charge is 0.308 e. The van der Waals surface area contributed by atoms with Crippen molar-refractivity contribution in [2.24, 2.45) is 5.92 Å². The molecule has 2 rings (SSSR count). The standard InChI is InChI=1S/C12H10Cl2N2O4/c13-7-1-2-8(9(14)4-7)11(18)15-16-5-6(12(19)20)3-10(16)17/h1-2,4,6H,3,5H2,(H,15,18)(H,19,20). The summed E-state index contributed by atoms with van der Waals surface area (Å²) in [7, 11) is 0. The number of hydrogen-bond acceptors (Lipinski definition) is 3. The van der Waals surface area contributed by atoms with Crippen LogP contribution in [0.1, 0.15) is 16.8 Å². The van der Waals surface area contributed by atoms with E-state index in [0.29, 0.717) is 5.02 Å². The molecule has 2 N–H and O–H groups in total. The van der Waals surface area contributed by atoms with E-state index in [1.165, 1.54) is 18.2 Å². The van der Waals surface area contributed by atoms with Crippen molar-refractivity contribution in [3.63, 3.8) is 0 Å². The summed E-state index contributed by atoms with van der Waals surface area (Å²) >= 11 is 11.6. The Morgan fingerprint density at radius 2 is 2.05 bits per heavy atom. The molecule has 0 aromatic heterocycles. The van der Waals surface area contributed by atoms with Gasteiger partial charge in [0.2, 0.25) is 5.91 Å². The summed E-state index contributed by atoms with van der Waals surface area (Å²) in [4.78, 5) is 34.4. The molecule has 106 valence electrons. The molecule has 0 saturated carbocycles. The summed E-state index contributed by atoms with van der Waals surface area (Å²) in [6.07, 6.45) is -0.135. The van der Waals surface area contributed by atoms with E-state index in [1.54, 1.807) is 0 Å². The van der Waals surface area contributed by atoms with E-state index in [2.05, 4.69) is 5.43 Å². The highest BCUT2D eigenvalue weighted by atomic mass is 35.5. The number of carbonyl (C=O) groups excluding carboxylic acids is 2. The van der Waals surface area contributed by atoms with Gasteiger partial charge in [-0.15, -0.1) is 0 Å². The lowest BCUT2D eigenvalue weighted by molar-refractivity contribution is -0.141. The monoisotopic (exact) mass is 316 g/mol. The summed E-state index contributed by atoms with van der Waals surface area (Å²) in [5, 5.41) is 10.4. The van der Waals surface area contributed by atoms with Crippen LogP contribution in [0.3, 0.4) is 0 Å². The molecule has 1 aromatic carbocycles. The first-order valence-corrected chi connectivity index (χ1v) is 6.43. The number of halogens is 2. The number of amides is 2. The Morgan fingerprint density at radius 1 is 1.35 bits per heavy atom. The number of rotatable bonds is 3. The molecule has 6 nitrogen and oxygen atoms in total. The van der Waals surface area contributed by atoms with Crippen LogP contribution < -0.4 is 5.43 Å². The van der Waals surface area contributed by atoms with Gasteiger partial charge in [-0.25, -0.2) is 0 Å². The number of aliphatic carboxylic acids is 1. The maximum atomic E-state index is 12.0. The lowest BCUT2D eigenvalue weighted by Gasteiger charge is -2.17. The predicted molar refractivity (Wildman–Crippen MR) is 71.4 cm³/mol. The van der Waals surface area contributed by atoms with Gasteiger partial charge in [-0.3, -0.25) is 24.8 Å². The second-order valence-corrected chi connectivity index (χ2v) is 5.15. The highest BCUT2D eigenvalue weighted by molar-refractivity contribution is 6.36. The minimum absolute atomic E-state index is 0.0644. The van der Waals surface area contributed by atoms with Crippen molar-refractivity contribution in [3.8, 4) is 0 Å². The van der Waals surface area contributed by atoms with Crippen molar-refractivity contribution in [3.05, 3.63) is 33.8 Å². The summed E-state index contributed by atoms with van der Waals surface area (Å²) in [5.41, 5.74) is 2.50. The molecule has 1 unspecified atom stereocenters. The minimum atomic E-state index is -1.07. The van der Waals surface area contributed by atoms with Crippen molar-refractivity contribution < 1.29 is 19.5 Å². The zero-order chi connectivity index (χ0) is 14.9. The summed E-state index contributed by atoms with van der Waals surface area (Å²) in [5.74, 6) is -2.93. The number of hydrazine groups is 1. The molecule has 0 bridgehead atoms. The van der Waals surface area contributed by atoms with Crippen LogP contribution in [0.25, 0.3) is 0 Å². The van der Waals surface area contributed by atoms with Gasteiger partial charge in [-0.2, -0.15) is 0 Å². The zero-order valence-electron chi connectivity index (χ0n) is 10.1. The number of nitrogens with one attached hydrogen (secondary N) is 1. The van der Waals surface area contributed by atoms with E-state index >= 15 is 0 Å². The summed E-state index contributed by atoms with van der Waals surface area (Å²) in [6.45, 7) is -0.0644. The van der Waals surface area contributed by atoms with Gasteiger partial charge in [-0.1, -0.05) is 23.2 Å². The Labute approximate surface area is 124 Å². The lowest BCUT2D eigenvalue weighted by atomic mass is 10.1. The summed E-state index contributed by atoms with van der Waals surface area (Å²) < 4.78 is 0. The number of nitrogens with zero attached hydrogens (tertiary/aromatic N) is 1. The second-order valence-electron chi connectivity index (χ2n) is 4.31. The molecule has 0 aliphatic carbocycles. The van der Waals surface area contributed by atoms with Crippen LogP contribution in [-0.2, 0) is 9.59 Å². The van der Waals surface area contributed by atoms with Crippen LogP contribution in [0.2, 0.25) is 10.0 Å². The number of hydrogen-bond donors (Lipinski definition) is 2. The quantitative estimate of drug-likeness (QED) is 0.886. The Balaban J connectivity index is 2.08. The third kappa shape index (κ3) is 3.02. The Hall–Kier alpha value is -1.79. The molecule has 0 radical (unpaired) electrons. The number of carbonyl (C=O) groups is 3. The normalized spacial score (nSPS) is 18.2. The van der Waals surface area contributed by atoms with Gasteiger partial charge in [0.05, 0.1) is 23.0 Å². The van der Waals surface area contributed by atoms with E-state index in [0.717, 1.165) is 5.01 Å². The van der Waals surface area contributed by atoms with Gasteiger partial charge >= 0.3 is 5.97 Å². The van der Waals surface area contributed by atoms with Gasteiger partial charge in [0, 0.05) is 11.4 Å². The first kappa shape index (κ1) is 14.6. The molecule has 1 fully saturated rings. The van der Waals surface area contributed by atoms with Gasteiger partial charge in [-0.05, 0) is 18.2 Å². The van der Waals surface area contributed by atoms with Gasteiger partial charge in [0.1, 0.15) is 0 Å². The van der Waals surface area contributed by atoms with E-state index in [1.807, 2.05) is 0 Å². The second kappa shape index (κ2) is 5.68.